The van der Waals surface area contributed by atoms with Crippen LogP contribution in [-0.2, 0) is 14.3 Å². The van der Waals surface area contributed by atoms with Gasteiger partial charge in [-0.15, -0.1) is 0 Å². The third-order valence-corrected chi connectivity index (χ3v) is 2.78. The molecule has 0 aliphatic rings. The molecule has 0 fully saturated rings. The number of aryl methyl sites for hydroxylation is 2. The van der Waals surface area contributed by atoms with Crippen molar-refractivity contribution in [2.24, 2.45) is 0 Å². The highest BCUT2D eigenvalue weighted by molar-refractivity contribution is 5.95. The second-order valence-corrected chi connectivity index (χ2v) is 6.47. The molecule has 2 N–H and O–H groups in total. The van der Waals surface area contributed by atoms with Gasteiger partial charge < -0.3 is 14.8 Å². The third-order valence-electron chi connectivity index (χ3n) is 2.78. The van der Waals surface area contributed by atoms with E-state index in [0.717, 1.165) is 11.1 Å². The Bertz CT molecular complexity index is 620. The molecule has 0 bridgehead atoms. The summed E-state index contributed by atoms with van der Waals surface area (Å²) in [6.45, 7) is 8.30. The predicted molar refractivity (Wildman–Crippen MR) is 88.8 cm³/mol. The van der Waals surface area contributed by atoms with Crippen LogP contribution in [0.5, 0.6) is 5.75 Å². The number of urea groups is 1. The Morgan fingerprint density at radius 2 is 1.75 bits per heavy atom. The van der Waals surface area contributed by atoms with Gasteiger partial charge in [0.15, 0.2) is 13.2 Å². The Morgan fingerprint density at radius 3 is 2.33 bits per heavy atom. The average molecular weight is 336 g/mol. The highest BCUT2D eigenvalue weighted by Crippen LogP contribution is 2.18. The molecule has 0 atom stereocenters. The zero-order chi connectivity index (χ0) is 18.3. The molecule has 0 radical (unpaired) electrons. The van der Waals surface area contributed by atoms with E-state index in [9.17, 15) is 14.4 Å². The van der Waals surface area contributed by atoms with Crippen LogP contribution in [0.3, 0.4) is 0 Å². The minimum absolute atomic E-state index is 0.314. The van der Waals surface area contributed by atoms with Gasteiger partial charge >= 0.3 is 12.0 Å². The van der Waals surface area contributed by atoms with Crippen molar-refractivity contribution >= 4 is 17.9 Å². The summed E-state index contributed by atoms with van der Waals surface area (Å²) < 4.78 is 10.1. The number of imide groups is 1. The van der Waals surface area contributed by atoms with Gasteiger partial charge in [0.1, 0.15) is 5.75 Å². The highest BCUT2D eigenvalue weighted by atomic mass is 16.6. The summed E-state index contributed by atoms with van der Waals surface area (Å²) in [4.78, 5) is 34.6. The van der Waals surface area contributed by atoms with Crippen LogP contribution in [0.25, 0.3) is 0 Å². The van der Waals surface area contributed by atoms with Gasteiger partial charge in [-0.1, -0.05) is 17.7 Å². The first-order valence-electron chi connectivity index (χ1n) is 7.54. The zero-order valence-electron chi connectivity index (χ0n) is 14.7. The maximum absolute atomic E-state index is 11.6. The molecule has 1 aromatic rings. The quantitative estimate of drug-likeness (QED) is 0.800. The molecule has 0 aliphatic heterocycles. The van der Waals surface area contributed by atoms with Crippen LogP contribution in [-0.4, -0.2) is 36.7 Å². The number of ether oxygens (including phenoxy) is 2. The number of carbonyl (C=O) groups excluding carboxylic acids is 3. The number of esters is 1. The SMILES string of the molecule is Cc1ccc(OCC(=O)OCC(=O)NC(=O)NC(C)(C)C)c(C)c1. The minimum atomic E-state index is -0.711. The molecule has 0 aliphatic carbocycles. The van der Waals surface area contributed by atoms with Gasteiger partial charge in [-0.2, -0.15) is 0 Å². The van der Waals surface area contributed by atoms with Crippen molar-refractivity contribution in [1.82, 2.24) is 10.6 Å². The molecule has 1 rings (SSSR count). The molecule has 7 heteroatoms. The van der Waals surface area contributed by atoms with Crippen LogP contribution < -0.4 is 15.4 Å². The molecule has 1 aromatic carbocycles. The van der Waals surface area contributed by atoms with E-state index in [4.69, 9.17) is 9.47 Å². The van der Waals surface area contributed by atoms with E-state index in [-0.39, 0.29) is 6.61 Å². The summed E-state index contributed by atoms with van der Waals surface area (Å²) in [5, 5.41) is 4.63. The number of benzene rings is 1. The lowest BCUT2D eigenvalue weighted by atomic mass is 10.1. The van der Waals surface area contributed by atoms with Crippen LogP contribution in [0.2, 0.25) is 0 Å². The Hall–Kier alpha value is -2.57. The lowest BCUT2D eigenvalue weighted by molar-refractivity contribution is -0.150. The van der Waals surface area contributed by atoms with Crippen molar-refractivity contribution in [2.45, 2.75) is 40.2 Å². The van der Waals surface area contributed by atoms with Gasteiger partial charge in [0.05, 0.1) is 0 Å². The van der Waals surface area contributed by atoms with Crippen LogP contribution in [0, 0.1) is 13.8 Å². The number of hydrogen-bond donors (Lipinski definition) is 2. The molecule has 24 heavy (non-hydrogen) atoms. The van der Waals surface area contributed by atoms with Gasteiger partial charge in [0.25, 0.3) is 5.91 Å². The van der Waals surface area contributed by atoms with E-state index in [1.807, 2.05) is 26.0 Å². The highest BCUT2D eigenvalue weighted by Gasteiger charge is 2.16. The van der Waals surface area contributed by atoms with Crippen LogP contribution in [0.4, 0.5) is 4.79 Å². The van der Waals surface area contributed by atoms with E-state index in [0.29, 0.717) is 5.75 Å². The molecule has 0 aromatic heterocycles. The standard InChI is InChI=1S/C17H24N2O5/c1-11-6-7-13(12(2)8-11)23-10-15(21)24-9-14(20)18-16(22)19-17(3,4)5/h6-8H,9-10H2,1-5H3,(H2,18,19,20,22). The Balaban J connectivity index is 2.33. The predicted octanol–water partition coefficient (Wildman–Crippen LogP) is 1.85. The first kappa shape index (κ1) is 19.5. The summed E-state index contributed by atoms with van der Waals surface area (Å²) in [5.74, 6) is -0.829. The van der Waals surface area contributed by atoms with Gasteiger partial charge in [-0.3, -0.25) is 10.1 Å². The zero-order valence-corrected chi connectivity index (χ0v) is 14.7. The van der Waals surface area contributed by atoms with Crippen molar-refractivity contribution in [3.63, 3.8) is 0 Å². The van der Waals surface area contributed by atoms with Crippen molar-refractivity contribution in [3.8, 4) is 5.75 Å². The summed E-state index contributed by atoms with van der Waals surface area (Å²) in [5.41, 5.74) is 1.52. The molecule has 3 amide bonds. The second kappa shape index (κ2) is 8.33. The Kier molecular flexibility index (Phi) is 6.76. The lowest BCUT2D eigenvalue weighted by Crippen LogP contribution is -2.49. The normalized spacial score (nSPS) is 10.7. The number of nitrogens with one attached hydrogen (secondary N) is 2. The van der Waals surface area contributed by atoms with E-state index in [1.165, 1.54) is 0 Å². The summed E-state index contributed by atoms with van der Waals surface area (Å²) >= 11 is 0. The summed E-state index contributed by atoms with van der Waals surface area (Å²) in [6, 6.07) is 4.92. The molecule has 0 unspecified atom stereocenters. The lowest BCUT2D eigenvalue weighted by Gasteiger charge is -2.20. The van der Waals surface area contributed by atoms with Crippen LogP contribution >= 0.6 is 0 Å². The summed E-state index contributed by atoms with van der Waals surface area (Å²) in [7, 11) is 0. The molecule has 7 nitrogen and oxygen atoms in total. The number of carbonyl (C=O) groups is 3. The number of hydrogen-bond acceptors (Lipinski definition) is 5. The minimum Gasteiger partial charge on any atom is -0.482 e. The second-order valence-electron chi connectivity index (χ2n) is 6.47. The Labute approximate surface area is 141 Å². The monoisotopic (exact) mass is 336 g/mol. The molecular formula is C17H24N2O5. The van der Waals surface area contributed by atoms with Crippen molar-refractivity contribution in [3.05, 3.63) is 29.3 Å². The topological polar surface area (TPSA) is 93.7 Å². The fourth-order valence-corrected chi connectivity index (χ4v) is 1.82. The fraction of sp³-hybridized carbons (Fsp3) is 0.471. The van der Waals surface area contributed by atoms with Crippen molar-refractivity contribution in [2.75, 3.05) is 13.2 Å². The fourth-order valence-electron chi connectivity index (χ4n) is 1.82. The van der Waals surface area contributed by atoms with Gasteiger partial charge in [-0.25, -0.2) is 9.59 Å². The van der Waals surface area contributed by atoms with Crippen molar-refractivity contribution in [1.29, 1.82) is 0 Å². The Morgan fingerprint density at radius 1 is 1.08 bits per heavy atom. The number of amides is 3. The van der Waals surface area contributed by atoms with Crippen molar-refractivity contribution < 1.29 is 23.9 Å². The molecular weight excluding hydrogens is 312 g/mol. The smallest absolute Gasteiger partial charge is 0.344 e. The van der Waals surface area contributed by atoms with Crippen LogP contribution in [0.15, 0.2) is 18.2 Å². The molecule has 0 heterocycles. The summed E-state index contributed by atoms with van der Waals surface area (Å²) in [6.07, 6.45) is 0. The molecule has 0 spiro atoms. The molecule has 132 valence electrons. The van der Waals surface area contributed by atoms with Crippen LogP contribution in [0.1, 0.15) is 31.9 Å². The molecule has 0 saturated carbocycles. The third kappa shape index (κ3) is 7.62. The van der Waals surface area contributed by atoms with E-state index < -0.39 is 30.1 Å². The number of rotatable bonds is 5. The largest absolute Gasteiger partial charge is 0.482 e. The van der Waals surface area contributed by atoms with E-state index in [2.05, 4.69) is 10.6 Å². The first-order chi connectivity index (χ1) is 11.1. The maximum Gasteiger partial charge on any atom is 0.344 e. The first-order valence-corrected chi connectivity index (χ1v) is 7.54. The van der Waals surface area contributed by atoms with E-state index in [1.54, 1.807) is 26.8 Å². The average Bonchev–Trinajstić information content (AvgIpc) is 2.42. The van der Waals surface area contributed by atoms with Gasteiger partial charge in [0, 0.05) is 5.54 Å². The molecule has 0 saturated heterocycles. The maximum atomic E-state index is 11.6. The van der Waals surface area contributed by atoms with Gasteiger partial charge in [-0.05, 0) is 46.2 Å². The van der Waals surface area contributed by atoms with Gasteiger partial charge in [0.2, 0.25) is 0 Å². The van der Waals surface area contributed by atoms with E-state index >= 15 is 0 Å².